The third-order valence-corrected chi connectivity index (χ3v) is 10.5. The zero-order valence-corrected chi connectivity index (χ0v) is 28.5. The van der Waals surface area contributed by atoms with E-state index in [0.29, 0.717) is 45.1 Å². The molecule has 1 aliphatic rings. The van der Waals surface area contributed by atoms with Crippen LogP contribution in [0.1, 0.15) is 136 Å². The standard InChI is InChI=1S/C36H50N4O3S2/c1-2-3-4-5-6-7-8-9-10-11-12-13-14-15-16-19-25-43-31-24-18-17-21-28(31)34(42)38-30-23-20-22-27-29(30)26-32(33(27)41)44-36-40-39-35(37)45-36/h17-18,20-24,32H,2-16,19,25-26H2,1H3,(H2,37,39)(H,38,42). The van der Waals surface area contributed by atoms with Crippen LogP contribution in [0, 0.1) is 0 Å². The number of para-hydroxylation sites is 1. The molecular formula is C36H50N4O3S2. The lowest BCUT2D eigenvalue weighted by atomic mass is 10.0. The molecule has 0 aliphatic heterocycles. The lowest BCUT2D eigenvalue weighted by Crippen LogP contribution is -2.15. The number of ether oxygens (including phenoxy) is 1. The van der Waals surface area contributed by atoms with Gasteiger partial charge in [0.25, 0.3) is 5.91 Å². The lowest BCUT2D eigenvalue weighted by Gasteiger charge is -2.13. The molecule has 0 bridgehead atoms. The topological polar surface area (TPSA) is 107 Å². The highest BCUT2D eigenvalue weighted by molar-refractivity contribution is 8.02. The van der Waals surface area contributed by atoms with Crippen molar-refractivity contribution in [3.8, 4) is 5.75 Å². The van der Waals surface area contributed by atoms with Crippen LogP contribution in [0.5, 0.6) is 5.75 Å². The second kappa shape index (κ2) is 19.6. The van der Waals surface area contributed by atoms with Gasteiger partial charge in [0.2, 0.25) is 5.13 Å². The van der Waals surface area contributed by atoms with E-state index in [1.807, 2.05) is 36.4 Å². The van der Waals surface area contributed by atoms with Crippen LogP contribution < -0.4 is 15.8 Å². The van der Waals surface area contributed by atoms with E-state index in [-0.39, 0.29) is 16.9 Å². The highest BCUT2D eigenvalue weighted by atomic mass is 32.2. The van der Waals surface area contributed by atoms with Crippen molar-refractivity contribution < 1.29 is 14.3 Å². The Labute approximate surface area is 277 Å². The Morgan fingerprint density at radius 2 is 1.49 bits per heavy atom. The third kappa shape index (κ3) is 11.4. The molecule has 7 nitrogen and oxygen atoms in total. The predicted octanol–water partition coefficient (Wildman–Crippen LogP) is 9.91. The fourth-order valence-electron chi connectivity index (χ4n) is 5.89. The quantitative estimate of drug-likeness (QED) is 0.104. The second-order valence-corrected chi connectivity index (χ2v) is 14.5. The van der Waals surface area contributed by atoms with Gasteiger partial charge in [-0.15, -0.1) is 10.2 Å². The van der Waals surface area contributed by atoms with Gasteiger partial charge in [0.05, 0.1) is 17.4 Å². The van der Waals surface area contributed by atoms with Crippen molar-refractivity contribution in [2.45, 2.75) is 126 Å². The van der Waals surface area contributed by atoms with Crippen molar-refractivity contribution in [1.29, 1.82) is 0 Å². The fraction of sp³-hybridized carbons (Fsp3) is 0.556. The van der Waals surface area contributed by atoms with Gasteiger partial charge in [-0.2, -0.15) is 0 Å². The molecule has 0 saturated heterocycles. The molecule has 0 radical (unpaired) electrons. The van der Waals surface area contributed by atoms with Gasteiger partial charge in [-0.05, 0) is 36.6 Å². The minimum Gasteiger partial charge on any atom is -0.493 e. The van der Waals surface area contributed by atoms with Crippen molar-refractivity contribution >= 4 is 45.6 Å². The van der Waals surface area contributed by atoms with Gasteiger partial charge in [-0.3, -0.25) is 9.59 Å². The Kier molecular flexibility index (Phi) is 15.2. The molecule has 1 amide bonds. The highest BCUT2D eigenvalue weighted by Crippen LogP contribution is 2.39. The maximum absolute atomic E-state index is 13.4. The number of hydrogen-bond donors (Lipinski definition) is 2. The van der Waals surface area contributed by atoms with Crippen LogP contribution in [0.2, 0.25) is 0 Å². The Balaban J connectivity index is 1.12. The minimum atomic E-state index is -0.319. The monoisotopic (exact) mass is 650 g/mol. The Bertz CT molecular complexity index is 1350. The molecule has 3 N–H and O–H groups in total. The van der Waals surface area contributed by atoms with Gasteiger partial charge in [0, 0.05) is 11.3 Å². The van der Waals surface area contributed by atoms with E-state index < -0.39 is 0 Å². The number of nitrogen functional groups attached to an aromatic ring is 1. The van der Waals surface area contributed by atoms with Crippen LogP contribution in [-0.2, 0) is 6.42 Å². The van der Waals surface area contributed by atoms with Crippen LogP contribution in [0.15, 0.2) is 46.8 Å². The summed E-state index contributed by atoms with van der Waals surface area (Å²) in [6.45, 7) is 2.87. The van der Waals surface area contributed by atoms with Gasteiger partial charge >= 0.3 is 0 Å². The molecule has 0 fully saturated rings. The number of amides is 1. The fourth-order valence-corrected chi connectivity index (χ4v) is 7.85. The first-order chi connectivity index (χ1) is 22.1. The molecule has 1 unspecified atom stereocenters. The number of thioether (sulfide) groups is 1. The maximum Gasteiger partial charge on any atom is 0.259 e. The first-order valence-electron chi connectivity index (χ1n) is 17.0. The zero-order chi connectivity index (χ0) is 31.7. The van der Waals surface area contributed by atoms with E-state index in [9.17, 15) is 9.59 Å². The molecule has 1 aromatic heterocycles. The summed E-state index contributed by atoms with van der Waals surface area (Å²) in [4.78, 5) is 26.4. The number of carbonyl (C=O) groups is 2. The molecule has 1 heterocycles. The van der Waals surface area contributed by atoms with Crippen molar-refractivity contribution in [3.63, 3.8) is 0 Å². The van der Waals surface area contributed by atoms with Gasteiger partial charge in [0.15, 0.2) is 10.1 Å². The summed E-state index contributed by atoms with van der Waals surface area (Å²) in [7, 11) is 0. The lowest BCUT2D eigenvalue weighted by molar-refractivity contribution is 0.0996. The van der Waals surface area contributed by atoms with E-state index in [0.717, 1.165) is 18.4 Å². The number of carbonyl (C=O) groups excluding carboxylic acids is 2. The van der Waals surface area contributed by atoms with Crippen LogP contribution in [0.3, 0.4) is 0 Å². The number of hydrogen-bond acceptors (Lipinski definition) is 8. The number of aromatic nitrogens is 2. The molecule has 9 heteroatoms. The minimum absolute atomic E-state index is 0.0300. The number of nitrogens with zero attached hydrogens (tertiary/aromatic N) is 2. The van der Waals surface area contributed by atoms with Gasteiger partial charge in [-0.25, -0.2) is 0 Å². The van der Waals surface area contributed by atoms with Crippen molar-refractivity contribution in [2.24, 2.45) is 0 Å². The summed E-state index contributed by atoms with van der Waals surface area (Å²) >= 11 is 2.64. The number of anilines is 2. The van der Waals surface area contributed by atoms with Crippen molar-refractivity contribution in [3.05, 3.63) is 59.2 Å². The summed E-state index contributed by atoms with van der Waals surface area (Å²) in [6, 6.07) is 12.8. The first-order valence-corrected chi connectivity index (χ1v) is 18.7. The van der Waals surface area contributed by atoms with Gasteiger partial charge < -0.3 is 15.8 Å². The summed E-state index contributed by atoms with van der Waals surface area (Å²) < 4.78 is 6.74. The molecule has 2 aromatic carbocycles. The molecule has 244 valence electrons. The number of nitrogens with two attached hydrogens (primary N) is 1. The highest BCUT2D eigenvalue weighted by Gasteiger charge is 2.34. The predicted molar refractivity (Wildman–Crippen MR) is 188 cm³/mol. The van der Waals surface area contributed by atoms with Gasteiger partial charge in [0.1, 0.15) is 5.75 Å². The van der Waals surface area contributed by atoms with E-state index in [4.69, 9.17) is 10.5 Å². The average molecular weight is 651 g/mol. The molecule has 4 rings (SSSR count). The molecule has 45 heavy (non-hydrogen) atoms. The average Bonchev–Trinajstić information content (AvgIpc) is 3.61. The first kappa shape index (κ1) is 35.0. The van der Waals surface area contributed by atoms with Gasteiger partial charge in [-0.1, -0.05) is 151 Å². The number of fused-ring (bicyclic) bond motifs is 1. The molecule has 3 aromatic rings. The van der Waals surface area contributed by atoms with E-state index in [1.54, 1.807) is 6.07 Å². The Morgan fingerprint density at radius 3 is 2.11 bits per heavy atom. The molecule has 1 aliphatic carbocycles. The summed E-state index contributed by atoms with van der Waals surface area (Å²) in [6.07, 6.45) is 21.8. The van der Waals surface area contributed by atoms with Crippen LogP contribution in [0.25, 0.3) is 0 Å². The van der Waals surface area contributed by atoms with E-state index in [2.05, 4.69) is 22.4 Å². The summed E-state index contributed by atoms with van der Waals surface area (Å²) in [5, 5.41) is 11.0. The maximum atomic E-state index is 13.4. The Hall–Kier alpha value is -2.91. The smallest absolute Gasteiger partial charge is 0.259 e. The number of Topliss-reactive ketones (excluding diaryl/α,β-unsaturated/α-hetero) is 1. The number of benzene rings is 2. The largest absolute Gasteiger partial charge is 0.493 e. The summed E-state index contributed by atoms with van der Waals surface area (Å²) in [5.41, 5.74) is 8.33. The SMILES string of the molecule is CCCCCCCCCCCCCCCCCCOc1ccccc1C(=O)Nc1cccc2c1CC(Sc1nnc(N)s1)C2=O. The van der Waals surface area contributed by atoms with Crippen molar-refractivity contribution in [1.82, 2.24) is 10.2 Å². The number of nitrogens with one attached hydrogen (secondary N) is 1. The Morgan fingerprint density at radius 1 is 0.867 bits per heavy atom. The van der Waals surface area contributed by atoms with Crippen LogP contribution in [-0.4, -0.2) is 33.7 Å². The van der Waals surface area contributed by atoms with Crippen molar-refractivity contribution in [2.75, 3.05) is 17.7 Å². The number of ketones is 1. The molecule has 0 spiro atoms. The molecule has 0 saturated carbocycles. The van der Waals surface area contributed by atoms with Crippen LogP contribution >= 0.6 is 23.1 Å². The summed E-state index contributed by atoms with van der Waals surface area (Å²) in [5.74, 6) is 0.371. The number of rotatable bonds is 22. The zero-order valence-electron chi connectivity index (χ0n) is 26.9. The van der Waals surface area contributed by atoms with E-state index in [1.165, 1.54) is 113 Å². The molecule has 1 atom stereocenters. The number of unbranched alkanes of at least 4 members (excludes halogenated alkanes) is 15. The van der Waals surface area contributed by atoms with Crippen LogP contribution in [0.4, 0.5) is 10.8 Å². The molecular weight excluding hydrogens is 601 g/mol. The third-order valence-electron chi connectivity index (χ3n) is 8.42. The second-order valence-electron chi connectivity index (χ2n) is 12.0. The normalized spacial score (nSPS) is 14.1. The van der Waals surface area contributed by atoms with E-state index >= 15 is 0 Å².